The summed E-state index contributed by atoms with van der Waals surface area (Å²) >= 11 is 9.27. The first-order valence-electron chi connectivity index (χ1n) is 9.88. The number of hydrogen-bond donors (Lipinski definition) is 0. The highest BCUT2D eigenvalue weighted by Gasteiger charge is 2.67. The van der Waals surface area contributed by atoms with E-state index in [1.807, 2.05) is 12.2 Å². The number of carbonyl (C=O) groups excluding carboxylic acids is 3. The lowest BCUT2D eigenvalue weighted by Crippen LogP contribution is -2.49. The van der Waals surface area contributed by atoms with Gasteiger partial charge in [0, 0.05) is 4.47 Å². The van der Waals surface area contributed by atoms with E-state index in [9.17, 15) is 27.6 Å². The van der Waals surface area contributed by atoms with E-state index in [1.165, 1.54) is 19.1 Å². The molecular formula is C21H17BrClF3N2O3. The zero-order valence-electron chi connectivity index (χ0n) is 16.2. The Morgan fingerprint density at radius 2 is 1.71 bits per heavy atom. The van der Waals surface area contributed by atoms with Crippen LogP contribution in [0.5, 0.6) is 0 Å². The molecule has 0 spiro atoms. The molecule has 1 aromatic carbocycles. The molecule has 0 aromatic heterocycles. The van der Waals surface area contributed by atoms with Crippen molar-refractivity contribution in [2.45, 2.75) is 19.5 Å². The molecule has 2 bridgehead atoms. The third kappa shape index (κ3) is 3.07. The van der Waals surface area contributed by atoms with Gasteiger partial charge in [0.1, 0.15) is 6.67 Å². The monoisotopic (exact) mass is 516 g/mol. The summed E-state index contributed by atoms with van der Waals surface area (Å²) in [7, 11) is 0. The number of nitrogens with zero attached hydrogens (tertiary/aromatic N) is 2. The summed E-state index contributed by atoms with van der Waals surface area (Å²) in [5.74, 6) is -3.64. The van der Waals surface area contributed by atoms with Crippen molar-refractivity contribution in [3.05, 3.63) is 39.3 Å². The average molecular weight is 518 g/mol. The molecule has 5 nitrogen and oxygen atoms in total. The maximum absolute atomic E-state index is 13.4. The van der Waals surface area contributed by atoms with Crippen LogP contribution in [0.15, 0.2) is 28.8 Å². The minimum absolute atomic E-state index is 0.0583. The molecule has 6 rings (SSSR count). The second-order valence-electron chi connectivity index (χ2n) is 8.68. The van der Waals surface area contributed by atoms with Gasteiger partial charge in [-0.15, -0.1) is 0 Å². The van der Waals surface area contributed by atoms with Crippen LogP contribution in [0.25, 0.3) is 0 Å². The molecule has 3 amide bonds. The van der Waals surface area contributed by atoms with Gasteiger partial charge in [0.05, 0.1) is 22.5 Å². The van der Waals surface area contributed by atoms with Gasteiger partial charge in [-0.3, -0.25) is 24.2 Å². The van der Waals surface area contributed by atoms with Gasteiger partial charge in [0.25, 0.3) is 0 Å². The van der Waals surface area contributed by atoms with E-state index < -0.39 is 42.4 Å². The highest BCUT2D eigenvalue weighted by atomic mass is 79.9. The molecule has 5 aliphatic rings. The van der Waals surface area contributed by atoms with Gasteiger partial charge in [-0.2, -0.15) is 13.2 Å². The van der Waals surface area contributed by atoms with Gasteiger partial charge in [-0.1, -0.05) is 23.8 Å². The number of allylic oxidation sites excluding steroid dienone is 2. The predicted molar refractivity (Wildman–Crippen MR) is 109 cm³/mol. The Morgan fingerprint density at radius 1 is 1.16 bits per heavy atom. The van der Waals surface area contributed by atoms with Crippen molar-refractivity contribution >= 4 is 50.9 Å². The molecule has 164 valence electrons. The van der Waals surface area contributed by atoms with Gasteiger partial charge in [-0.05, 0) is 70.6 Å². The Kier molecular flexibility index (Phi) is 4.61. The summed E-state index contributed by atoms with van der Waals surface area (Å²) in [6.45, 7) is 0.731. The zero-order valence-corrected chi connectivity index (χ0v) is 18.5. The van der Waals surface area contributed by atoms with Gasteiger partial charge in [0.2, 0.25) is 11.8 Å². The van der Waals surface area contributed by atoms with Crippen molar-refractivity contribution in [2.24, 2.45) is 35.5 Å². The number of likely N-dealkylation sites (tertiary alicyclic amines) is 1. The molecule has 10 heteroatoms. The molecule has 0 N–H and O–H groups in total. The van der Waals surface area contributed by atoms with Crippen LogP contribution in [0.3, 0.4) is 0 Å². The lowest BCUT2D eigenvalue weighted by molar-refractivity contribution is -0.171. The van der Waals surface area contributed by atoms with Crippen molar-refractivity contribution in [3.63, 3.8) is 0 Å². The maximum Gasteiger partial charge on any atom is 0.471 e. The molecule has 4 aliphatic carbocycles. The van der Waals surface area contributed by atoms with Crippen LogP contribution >= 0.6 is 27.5 Å². The number of benzene rings is 1. The molecule has 0 radical (unpaired) electrons. The fourth-order valence-electron chi connectivity index (χ4n) is 5.63. The van der Waals surface area contributed by atoms with E-state index in [0.717, 1.165) is 11.3 Å². The number of aryl methyl sites for hydroxylation is 1. The largest absolute Gasteiger partial charge is 0.471 e. The molecule has 1 aliphatic heterocycles. The highest BCUT2D eigenvalue weighted by Crippen LogP contribution is 2.65. The van der Waals surface area contributed by atoms with E-state index in [4.69, 9.17) is 11.6 Å². The summed E-state index contributed by atoms with van der Waals surface area (Å²) in [6.07, 6.45) is -0.254. The quantitative estimate of drug-likeness (QED) is 0.443. The van der Waals surface area contributed by atoms with Crippen molar-refractivity contribution in [1.82, 2.24) is 4.90 Å². The Hall–Kier alpha value is -1.87. The average Bonchev–Trinajstić information content (AvgIpc) is 3.48. The SMILES string of the molecule is Cc1cc(Br)c(Cl)cc1N(CN1C(=O)C2C3C=CC(C4CC34)C2C1=O)C(=O)C(F)(F)F. The topological polar surface area (TPSA) is 57.7 Å². The molecule has 31 heavy (non-hydrogen) atoms. The molecule has 6 atom stereocenters. The summed E-state index contributed by atoms with van der Waals surface area (Å²) in [5, 5.41) is 0.107. The number of hydrogen-bond acceptors (Lipinski definition) is 3. The van der Waals surface area contributed by atoms with Crippen molar-refractivity contribution in [3.8, 4) is 0 Å². The second kappa shape index (κ2) is 6.81. The summed E-state index contributed by atoms with van der Waals surface area (Å²) in [5.41, 5.74) is 0.239. The fourth-order valence-corrected chi connectivity index (χ4v) is 6.24. The molecule has 1 aromatic rings. The number of anilines is 1. The van der Waals surface area contributed by atoms with Crippen LogP contribution in [-0.4, -0.2) is 35.5 Å². The molecule has 1 heterocycles. The predicted octanol–water partition coefficient (Wildman–Crippen LogP) is 4.32. The standard InChI is InChI=1S/C21H17BrClF3N2O3/c1-8-4-13(22)14(23)6-15(8)27(20(31)21(24,25)26)7-28-18(29)16-9-2-3-10(12-5-11(9)12)17(16)19(28)30/h2-4,6,9-12,16-17H,5,7H2,1H3. The highest BCUT2D eigenvalue weighted by molar-refractivity contribution is 9.10. The Labute approximate surface area is 189 Å². The first kappa shape index (κ1) is 21.0. The van der Waals surface area contributed by atoms with Crippen molar-refractivity contribution < 1.29 is 27.6 Å². The van der Waals surface area contributed by atoms with Crippen LogP contribution in [0.2, 0.25) is 5.02 Å². The first-order valence-corrected chi connectivity index (χ1v) is 11.1. The lowest BCUT2D eigenvalue weighted by atomic mass is 9.63. The molecule has 6 unspecified atom stereocenters. The molecule has 3 fully saturated rings. The number of alkyl halides is 3. The first-order chi connectivity index (χ1) is 14.5. The second-order valence-corrected chi connectivity index (χ2v) is 9.95. The zero-order chi connectivity index (χ0) is 22.4. The Morgan fingerprint density at radius 3 is 2.23 bits per heavy atom. The van der Waals surface area contributed by atoms with E-state index in [2.05, 4.69) is 15.9 Å². The number of imide groups is 1. The van der Waals surface area contributed by atoms with Gasteiger partial charge >= 0.3 is 12.1 Å². The van der Waals surface area contributed by atoms with Crippen LogP contribution in [0, 0.1) is 42.4 Å². The fraction of sp³-hybridized carbons (Fsp3) is 0.476. The van der Waals surface area contributed by atoms with Crippen LogP contribution < -0.4 is 4.90 Å². The third-order valence-corrected chi connectivity index (χ3v) is 8.25. The third-order valence-electron chi connectivity index (χ3n) is 7.05. The van der Waals surface area contributed by atoms with E-state index in [0.29, 0.717) is 26.8 Å². The minimum Gasteiger partial charge on any atom is -0.285 e. The summed E-state index contributed by atoms with van der Waals surface area (Å²) < 4.78 is 40.7. The van der Waals surface area contributed by atoms with Crippen LogP contribution in [-0.2, 0) is 14.4 Å². The van der Waals surface area contributed by atoms with Gasteiger partial charge < -0.3 is 0 Å². The van der Waals surface area contributed by atoms with Gasteiger partial charge in [-0.25, -0.2) is 0 Å². The summed E-state index contributed by atoms with van der Waals surface area (Å²) in [4.78, 5) is 39.9. The van der Waals surface area contributed by atoms with E-state index in [1.54, 1.807) is 0 Å². The van der Waals surface area contributed by atoms with Crippen molar-refractivity contribution in [1.29, 1.82) is 0 Å². The van der Waals surface area contributed by atoms with E-state index >= 15 is 0 Å². The lowest BCUT2D eigenvalue weighted by Gasteiger charge is -2.37. The van der Waals surface area contributed by atoms with Crippen LogP contribution in [0.4, 0.5) is 18.9 Å². The minimum atomic E-state index is -5.19. The maximum atomic E-state index is 13.4. The number of amides is 3. The number of halogens is 5. The summed E-state index contributed by atoms with van der Waals surface area (Å²) in [6, 6.07) is 2.71. The Bertz CT molecular complexity index is 1020. The smallest absolute Gasteiger partial charge is 0.285 e. The normalized spacial score (nSPS) is 32.9. The van der Waals surface area contributed by atoms with Crippen molar-refractivity contribution in [2.75, 3.05) is 11.6 Å². The van der Waals surface area contributed by atoms with Crippen LogP contribution in [0.1, 0.15) is 12.0 Å². The molecule has 1 saturated heterocycles. The molecular weight excluding hydrogens is 501 g/mol. The van der Waals surface area contributed by atoms with Gasteiger partial charge in [0.15, 0.2) is 0 Å². The van der Waals surface area contributed by atoms with E-state index in [-0.39, 0.29) is 22.5 Å². The number of rotatable bonds is 3. The number of carbonyl (C=O) groups is 3. The Balaban J connectivity index is 1.51. The molecule has 2 saturated carbocycles.